The number of aryl methyl sites for hydroxylation is 2. The highest BCUT2D eigenvalue weighted by Gasteiger charge is 2.17. The normalized spacial score (nSPS) is 11.7. The molecule has 4 nitrogen and oxygen atoms in total. The summed E-state index contributed by atoms with van der Waals surface area (Å²) in [7, 11) is 0. The third kappa shape index (κ3) is 22.2. The number of rotatable bonds is 40. The second-order valence-corrected chi connectivity index (χ2v) is 20.0. The molecule has 1 heterocycles. The Hall–Kier alpha value is -2.92. The average molecular weight is 881 g/mol. The van der Waals surface area contributed by atoms with Gasteiger partial charge in [0, 0.05) is 12.1 Å². The molecule has 0 aliphatic carbocycles. The van der Waals surface area contributed by atoms with Gasteiger partial charge in [0.25, 0.3) is 0 Å². The molecule has 63 heavy (non-hydrogen) atoms. The summed E-state index contributed by atoms with van der Waals surface area (Å²) in [6, 6.07) is 21.4. The van der Waals surface area contributed by atoms with Crippen molar-refractivity contribution in [1.29, 1.82) is 0 Å². The quantitative estimate of drug-likeness (QED) is 0.0418. The fourth-order valence-electron chi connectivity index (χ4n) is 9.69. The molecule has 1 aromatic heterocycles. The number of hydrogen-bond acceptors (Lipinski definition) is 5. The van der Waals surface area contributed by atoms with Crippen molar-refractivity contribution in [2.24, 2.45) is 11.8 Å². The van der Waals surface area contributed by atoms with Gasteiger partial charge in [-0.25, -0.2) is 0 Å². The maximum absolute atomic E-state index is 6.89. The van der Waals surface area contributed by atoms with Crippen LogP contribution in [-0.2, 0) is 12.8 Å². The Labute approximate surface area is 391 Å². The average Bonchev–Trinajstić information content (AvgIpc) is 3.76. The molecule has 0 radical (unpaired) electrons. The Bertz CT molecular complexity index is 1550. The van der Waals surface area contributed by atoms with E-state index in [-0.39, 0.29) is 0 Å². The molecule has 5 heteroatoms. The minimum absolute atomic E-state index is 0.708. The Morgan fingerprint density at radius 3 is 1.16 bits per heavy atom. The molecule has 0 N–H and O–H groups in total. The van der Waals surface area contributed by atoms with Crippen LogP contribution < -0.4 is 9.47 Å². The first-order valence-corrected chi connectivity index (χ1v) is 27.7. The number of para-hydroxylation sites is 2. The third-order valence-corrected chi connectivity index (χ3v) is 14.4. The van der Waals surface area contributed by atoms with E-state index in [9.17, 15) is 0 Å². The van der Waals surface area contributed by atoms with Gasteiger partial charge in [0.1, 0.15) is 17.0 Å². The molecule has 352 valence electrons. The zero-order valence-electron chi connectivity index (χ0n) is 41.1. The Morgan fingerprint density at radius 2 is 0.746 bits per heavy atom. The van der Waals surface area contributed by atoms with Crippen LogP contribution in [-0.4, -0.2) is 9.59 Å². The predicted octanol–water partition coefficient (Wildman–Crippen LogP) is 20.2. The van der Waals surface area contributed by atoms with E-state index in [0.717, 1.165) is 52.1 Å². The molecular weight excluding hydrogens is 789 g/mol. The van der Waals surface area contributed by atoms with Gasteiger partial charge in [0.2, 0.25) is 0 Å². The summed E-state index contributed by atoms with van der Waals surface area (Å²) in [5, 5.41) is 4.44. The molecule has 4 rings (SSSR count). The smallest absolute Gasteiger partial charge is 0.172 e. The lowest BCUT2D eigenvalue weighted by molar-refractivity contribution is 0.370. The van der Waals surface area contributed by atoms with Gasteiger partial charge in [0.15, 0.2) is 11.5 Å². The minimum Gasteiger partial charge on any atom is -0.453 e. The molecular formula is C58H92N2O2S. The van der Waals surface area contributed by atoms with Crippen LogP contribution in [0.2, 0.25) is 0 Å². The first-order chi connectivity index (χ1) is 31.1. The van der Waals surface area contributed by atoms with Crippen LogP contribution in [0.25, 0.3) is 10.2 Å². The van der Waals surface area contributed by atoms with Gasteiger partial charge in [-0.2, -0.15) is 0 Å². The summed E-state index contributed by atoms with van der Waals surface area (Å²) in [5.41, 5.74) is 3.40. The van der Waals surface area contributed by atoms with Crippen molar-refractivity contribution in [3.05, 3.63) is 71.8 Å². The largest absolute Gasteiger partial charge is 0.453 e. The zero-order valence-corrected chi connectivity index (χ0v) is 41.9. The van der Waals surface area contributed by atoms with Crippen molar-refractivity contribution in [3.63, 3.8) is 0 Å². The van der Waals surface area contributed by atoms with Crippen LogP contribution in [0, 0.1) is 11.8 Å². The number of ether oxygens (including phenoxy) is 2. The molecule has 3 aromatic carbocycles. The van der Waals surface area contributed by atoms with Crippen LogP contribution in [0.5, 0.6) is 23.0 Å². The van der Waals surface area contributed by atoms with Gasteiger partial charge in [-0.1, -0.05) is 261 Å². The van der Waals surface area contributed by atoms with Crippen LogP contribution in [0.15, 0.2) is 60.7 Å². The number of hydrogen-bond donors (Lipinski definition) is 0. The Morgan fingerprint density at radius 1 is 0.397 bits per heavy atom. The summed E-state index contributed by atoms with van der Waals surface area (Å²) >= 11 is 1.41. The Balaban J connectivity index is 1.39. The Kier molecular flexibility index (Phi) is 28.8. The standard InChI is InChI=1S/C58H92N2O2S/c1-5-9-13-17-21-25-35-49(36-26-22-18-14-10-6-2)39-33-43-51-41-29-31-45-54(51)61-56-47-53-58(63-60-59-53)48-57(56)62-55-46-32-30-42-52(55)44-34-40-50(37-27-23-19-15-11-7-3)38-28-24-20-16-12-8-4/h29-32,41-42,45-50H,5-28,33-40,43-44H2,1-4H3. The highest BCUT2D eigenvalue weighted by atomic mass is 32.1. The molecule has 0 unspecified atom stereocenters. The highest BCUT2D eigenvalue weighted by molar-refractivity contribution is 7.12. The summed E-state index contributed by atoms with van der Waals surface area (Å²) < 4.78 is 19.1. The highest BCUT2D eigenvalue weighted by Crippen LogP contribution is 2.41. The lowest BCUT2D eigenvalue weighted by atomic mass is 9.89. The van der Waals surface area contributed by atoms with Crippen LogP contribution in [0.4, 0.5) is 0 Å². The van der Waals surface area contributed by atoms with E-state index in [2.05, 4.69) is 91.9 Å². The second-order valence-electron chi connectivity index (χ2n) is 19.2. The fourth-order valence-corrected chi connectivity index (χ4v) is 10.3. The van der Waals surface area contributed by atoms with Crippen LogP contribution in [0.1, 0.15) is 244 Å². The lowest BCUT2D eigenvalue weighted by Gasteiger charge is -2.19. The van der Waals surface area contributed by atoms with E-state index >= 15 is 0 Å². The second kappa shape index (κ2) is 34.4. The van der Waals surface area contributed by atoms with Crippen molar-refractivity contribution in [1.82, 2.24) is 9.59 Å². The predicted molar refractivity (Wildman–Crippen MR) is 275 cm³/mol. The first kappa shape index (κ1) is 52.7. The molecule has 0 aliphatic rings. The third-order valence-electron chi connectivity index (χ3n) is 13.7. The number of unbranched alkanes of at least 4 members (excludes halogenated alkanes) is 20. The van der Waals surface area contributed by atoms with Gasteiger partial charge in [-0.3, -0.25) is 0 Å². The molecule has 0 aliphatic heterocycles. The SMILES string of the molecule is CCCCCCCCC(CCCCCCCC)CCCc1ccccc1Oc1cc2nnsc2cc1Oc1ccccc1CCCC(CCCCCCCC)CCCCCCCC. The van der Waals surface area contributed by atoms with E-state index in [1.54, 1.807) is 0 Å². The number of fused-ring (bicyclic) bond motifs is 1. The summed E-state index contributed by atoms with van der Waals surface area (Å²) in [5.74, 6) is 4.96. The van der Waals surface area contributed by atoms with Crippen molar-refractivity contribution in [2.45, 2.75) is 246 Å². The van der Waals surface area contributed by atoms with Crippen molar-refractivity contribution >= 4 is 21.7 Å². The molecule has 4 aromatic rings. The van der Waals surface area contributed by atoms with E-state index < -0.39 is 0 Å². The number of nitrogens with zero attached hydrogens (tertiary/aromatic N) is 2. The molecule has 0 atom stereocenters. The van der Waals surface area contributed by atoms with E-state index in [4.69, 9.17) is 9.47 Å². The van der Waals surface area contributed by atoms with Crippen LogP contribution >= 0.6 is 11.5 Å². The molecule has 0 bridgehead atoms. The first-order valence-electron chi connectivity index (χ1n) is 26.9. The van der Waals surface area contributed by atoms with E-state index in [1.165, 1.54) is 228 Å². The fraction of sp³-hybridized carbons (Fsp3) is 0.690. The molecule has 0 spiro atoms. The zero-order chi connectivity index (χ0) is 44.4. The summed E-state index contributed by atoms with van der Waals surface area (Å²) in [6.07, 6.45) is 45.9. The van der Waals surface area contributed by atoms with Gasteiger partial charge in [0.05, 0.1) is 4.70 Å². The van der Waals surface area contributed by atoms with E-state index in [1.807, 2.05) is 6.07 Å². The number of aromatic nitrogens is 2. The molecule has 0 amide bonds. The van der Waals surface area contributed by atoms with Gasteiger partial charge in [-0.15, -0.1) is 5.10 Å². The summed E-state index contributed by atoms with van der Waals surface area (Å²) in [6.45, 7) is 9.26. The monoisotopic (exact) mass is 881 g/mol. The van der Waals surface area contributed by atoms with Gasteiger partial charge in [-0.05, 0) is 72.3 Å². The topological polar surface area (TPSA) is 44.2 Å². The molecule has 0 saturated heterocycles. The maximum Gasteiger partial charge on any atom is 0.172 e. The maximum atomic E-state index is 6.89. The van der Waals surface area contributed by atoms with E-state index in [0.29, 0.717) is 5.75 Å². The lowest BCUT2D eigenvalue weighted by Crippen LogP contribution is -2.03. The molecule has 0 saturated carbocycles. The van der Waals surface area contributed by atoms with Gasteiger partial charge >= 0.3 is 0 Å². The molecule has 0 fully saturated rings. The van der Waals surface area contributed by atoms with Gasteiger partial charge < -0.3 is 9.47 Å². The summed E-state index contributed by atoms with van der Waals surface area (Å²) in [4.78, 5) is 0. The van der Waals surface area contributed by atoms with Crippen LogP contribution in [0.3, 0.4) is 0 Å². The van der Waals surface area contributed by atoms with Crippen molar-refractivity contribution in [3.8, 4) is 23.0 Å². The minimum atomic E-state index is 0.708. The van der Waals surface area contributed by atoms with Crippen molar-refractivity contribution < 1.29 is 9.47 Å². The van der Waals surface area contributed by atoms with Crippen molar-refractivity contribution in [2.75, 3.05) is 0 Å². The number of benzene rings is 3.